The first kappa shape index (κ1) is 13.3. The highest BCUT2D eigenvalue weighted by Crippen LogP contribution is 2.24. The maximum Gasteiger partial charge on any atom is 0.123 e. The number of hydrogen-bond acceptors (Lipinski definition) is 4. The first-order chi connectivity index (χ1) is 8.70. The third kappa shape index (κ3) is 3.21. The Hall–Kier alpha value is -1.13. The van der Waals surface area contributed by atoms with Crippen molar-refractivity contribution in [2.45, 2.75) is 38.8 Å². The Morgan fingerprint density at radius 3 is 3.00 bits per heavy atom. The van der Waals surface area contributed by atoms with E-state index in [1.165, 1.54) is 12.8 Å². The Bertz CT molecular complexity index is 366. The summed E-state index contributed by atoms with van der Waals surface area (Å²) in [5, 5.41) is 0. The number of hydrogen-bond donors (Lipinski definition) is 1. The van der Waals surface area contributed by atoms with Crippen molar-refractivity contribution in [3.63, 3.8) is 0 Å². The predicted octanol–water partition coefficient (Wildman–Crippen LogP) is 2.23. The fourth-order valence-corrected chi connectivity index (χ4v) is 2.29. The first-order valence-corrected chi connectivity index (χ1v) is 6.77. The van der Waals surface area contributed by atoms with E-state index in [0.29, 0.717) is 11.9 Å². The average molecular weight is 249 g/mol. The Balaban J connectivity index is 2.00. The molecule has 1 fully saturated rings. The molecule has 0 spiro atoms. The molecule has 1 aromatic heterocycles. The maximum atomic E-state index is 5.90. The summed E-state index contributed by atoms with van der Waals surface area (Å²) in [7, 11) is 0. The number of pyridine rings is 1. The van der Waals surface area contributed by atoms with Gasteiger partial charge in [0.1, 0.15) is 5.82 Å². The summed E-state index contributed by atoms with van der Waals surface area (Å²) in [5.41, 5.74) is 6.73. The second kappa shape index (κ2) is 6.16. The highest BCUT2D eigenvalue weighted by Gasteiger charge is 2.26. The molecule has 4 heteroatoms. The predicted molar refractivity (Wildman–Crippen MR) is 73.3 cm³/mol. The molecule has 0 bridgehead atoms. The van der Waals surface area contributed by atoms with Gasteiger partial charge in [-0.05, 0) is 26.0 Å². The van der Waals surface area contributed by atoms with E-state index in [4.69, 9.17) is 10.5 Å². The molecule has 18 heavy (non-hydrogen) atoms. The molecule has 0 amide bonds. The van der Waals surface area contributed by atoms with Gasteiger partial charge in [-0.3, -0.25) is 4.90 Å². The number of unbranched alkanes of at least 4 members (excludes halogenated alkanes) is 1. The topological polar surface area (TPSA) is 51.4 Å². The van der Waals surface area contributed by atoms with Crippen molar-refractivity contribution >= 4 is 5.82 Å². The molecule has 1 aromatic rings. The highest BCUT2D eigenvalue weighted by molar-refractivity contribution is 5.30. The summed E-state index contributed by atoms with van der Waals surface area (Å²) < 4.78 is 5.90. The quantitative estimate of drug-likeness (QED) is 0.889. The zero-order valence-corrected chi connectivity index (χ0v) is 11.3. The van der Waals surface area contributed by atoms with E-state index in [9.17, 15) is 0 Å². The molecule has 1 saturated heterocycles. The molecule has 100 valence electrons. The monoisotopic (exact) mass is 249 g/mol. The van der Waals surface area contributed by atoms with E-state index in [-0.39, 0.29) is 6.10 Å². The van der Waals surface area contributed by atoms with E-state index in [2.05, 4.69) is 23.7 Å². The zero-order valence-electron chi connectivity index (χ0n) is 11.3. The number of nitrogens with two attached hydrogens (primary N) is 1. The van der Waals surface area contributed by atoms with Crippen LogP contribution >= 0.6 is 0 Å². The molecule has 2 unspecified atom stereocenters. The molecular formula is C14H23N3O. The van der Waals surface area contributed by atoms with E-state index in [1.807, 2.05) is 18.3 Å². The number of morpholine rings is 1. The lowest BCUT2D eigenvalue weighted by Crippen LogP contribution is -2.45. The summed E-state index contributed by atoms with van der Waals surface area (Å²) in [6.45, 7) is 7.35. The number of nitrogens with zero attached hydrogens (tertiary/aromatic N) is 2. The third-order valence-electron chi connectivity index (χ3n) is 3.54. The normalized spacial score (nSPS) is 25.2. The molecule has 1 aliphatic heterocycles. The van der Waals surface area contributed by atoms with Gasteiger partial charge in [0.2, 0.25) is 0 Å². The number of ether oxygens (including phenoxy) is 1. The van der Waals surface area contributed by atoms with Gasteiger partial charge in [0.05, 0.1) is 12.7 Å². The Morgan fingerprint density at radius 1 is 1.50 bits per heavy atom. The molecule has 4 nitrogen and oxygen atoms in total. The molecule has 0 aliphatic carbocycles. The van der Waals surface area contributed by atoms with Crippen LogP contribution in [-0.2, 0) is 4.74 Å². The standard InChI is InChI=1S/C14H23N3O/c1-3-4-7-17-9-13(18-10-11(17)2)12-5-6-14(15)16-8-12/h5-6,8,11,13H,3-4,7,9-10H2,1-2H3,(H2,15,16). The zero-order chi connectivity index (χ0) is 13.0. The van der Waals surface area contributed by atoms with Crippen LogP contribution in [0, 0.1) is 0 Å². The van der Waals surface area contributed by atoms with Crippen molar-refractivity contribution in [1.82, 2.24) is 9.88 Å². The van der Waals surface area contributed by atoms with E-state index in [1.54, 1.807) is 0 Å². The van der Waals surface area contributed by atoms with E-state index < -0.39 is 0 Å². The minimum atomic E-state index is 0.131. The van der Waals surface area contributed by atoms with Gasteiger partial charge in [-0.15, -0.1) is 0 Å². The summed E-state index contributed by atoms with van der Waals surface area (Å²) >= 11 is 0. The van der Waals surface area contributed by atoms with Crippen LogP contribution in [0.3, 0.4) is 0 Å². The fraction of sp³-hybridized carbons (Fsp3) is 0.643. The number of rotatable bonds is 4. The van der Waals surface area contributed by atoms with E-state index in [0.717, 1.165) is 25.3 Å². The number of anilines is 1. The fourth-order valence-electron chi connectivity index (χ4n) is 2.29. The van der Waals surface area contributed by atoms with Crippen LogP contribution in [0.1, 0.15) is 38.4 Å². The summed E-state index contributed by atoms with van der Waals surface area (Å²) in [4.78, 5) is 6.65. The molecule has 0 aromatic carbocycles. The Morgan fingerprint density at radius 2 is 2.33 bits per heavy atom. The second-order valence-electron chi connectivity index (χ2n) is 5.04. The minimum Gasteiger partial charge on any atom is -0.384 e. The van der Waals surface area contributed by atoms with Gasteiger partial charge in [0.25, 0.3) is 0 Å². The largest absolute Gasteiger partial charge is 0.384 e. The first-order valence-electron chi connectivity index (χ1n) is 6.77. The van der Waals surface area contributed by atoms with Gasteiger partial charge in [-0.1, -0.05) is 19.4 Å². The van der Waals surface area contributed by atoms with Crippen molar-refractivity contribution < 1.29 is 4.74 Å². The lowest BCUT2D eigenvalue weighted by molar-refractivity contribution is -0.0603. The van der Waals surface area contributed by atoms with Gasteiger partial charge < -0.3 is 10.5 Å². The van der Waals surface area contributed by atoms with Gasteiger partial charge in [0.15, 0.2) is 0 Å². The van der Waals surface area contributed by atoms with Crippen LogP contribution in [0.15, 0.2) is 18.3 Å². The average Bonchev–Trinajstić information content (AvgIpc) is 2.39. The third-order valence-corrected chi connectivity index (χ3v) is 3.54. The van der Waals surface area contributed by atoms with Crippen molar-refractivity contribution in [2.75, 3.05) is 25.4 Å². The molecule has 2 atom stereocenters. The van der Waals surface area contributed by atoms with Crippen molar-refractivity contribution in [3.05, 3.63) is 23.9 Å². The molecule has 0 saturated carbocycles. The maximum absolute atomic E-state index is 5.90. The van der Waals surface area contributed by atoms with Gasteiger partial charge in [-0.25, -0.2) is 4.98 Å². The van der Waals surface area contributed by atoms with Crippen molar-refractivity contribution in [2.24, 2.45) is 0 Å². The molecule has 0 radical (unpaired) electrons. The van der Waals surface area contributed by atoms with Crippen LogP contribution in [0.2, 0.25) is 0 Å². The second-order valence-corrected chi connectivity index (χ2v) is 5.04. The van der Waals surface area contributed by atoms with Gasteiger partial charge in [0, 0.05) is 24.3 Å². The van der Waals surface area contributed by atoms with Crippen molar-refractivity contribution in [3.8, 4) is 0 Å². The Labute approximate surface area is 109 Å². The summed E-state index contributed by atoms with van der Waals surface area (Å²) in [5.74, 6) is 0.561. The molecular weight excluding hydrogens is 226 g/mol. The Kier molecular flexibility index (Phi) is 4.55. The van der Waals surface area contributed by atoms with Crippen molar-refractivity contribution in [1.29, 1.82) is 0 Å². The molecule has 2 heterocycles. The van der Waals surface area contributed by atoms with Crippen LogP contribution in [0.25, 0.3) is 0 Å². The summed E-state index contributed by atoms with van der Waals surface area (Å²) in [6.07, 6.45) is 4.44. The number of nitrogen functional groups attached to an aromatic ring is 1. The lowest BCUT2D eigenvalue weighted by Gasteiger charge is -2.38. The van der Waals surface area contributed by atoms with Crippen LogP contribution < -0.4 is 5.73 Å². The van der Waals surface area contributed by atoms with Crippen LogP contribution in [-0.4, -0.2) is 35.6 Å². The number of aromatic nitrogens is 1. The minimum absolute atomic E-state index is 0.131. The summed E-state index contributed by atoms with van der Waals surface area (Å²) in [6, 6.07) is 4.36. The van der Waals surface area contributed by atoms with Crippen LogP contribution in [0.4, 0.5) is 5.82 Å². The smallest absolute Gasteiger partial charge is 0.123 e. The SMILES string of the molecule is CCCCN1CC(c2ccc(N)nc2)OCC1C. The van der Waals surface area contributed by atoms with E-state index >= 15 is 0 Å². The van der Waals surface area contributed by atoms with Gasteiger partial charge >= 0.3 is 0 Å². The molecule has 2 N–H and O–H groups in total. The lowest BCUT2D eigenvalue weighted by atomic mass is 10.1. The molecule has 1 aliphatic rings. The van der Waals surface area contributed by atoms with Gasteiger partial charge in [-0.2, -0.15) is 0 Å². The molecule has 2 rings (SSSR count). The highest BCUT2D eigenvalue weighted by atomic mass is 16.5. The van der Waals surface area contributed by atoms with Crippen LogP contribution in [0.5, 0.6) is 0 Å².